The molecule has 0 spiro atoms. The minimum absolute atomic E-state index is 0.429. The van der Waals surface area contributed by atoms with Crippen molar-refractivity contribution in [2.45, 2.75) is 25.7 Å². The molecule has 2 saturated heterocycles. The van der Waals surface area contributed by atoms with Crippen molar-refractivity contribution < 1.29 is 9.47 Å². The highest BCUT2D eigenvalue weighted by Gasteiger charge is 2.79. The van der Waals surface area contributed by atoms with Gasteiger partial charge in [-0.2, -0.15) is 15.8 Å². The lowest BCUT2D eigenvalue weighted by molar-refractivity contribution is -0.287. The van der Waals surface area contributed by atoms with Gasteiger partial charge in [0.15, 0.2) is 5.41 Å². The molecule has 0 aliphatic carbocycles. The molecule has 3 heterocycles. The SMILES string of the molecule is Cc1ccc(C2OC3(c4ccc(Cl)cc4)OC(=N)C(C#N)(C3C)C2(C#N)C#N)s1. The zero-order valence-corrected chi connectivity index (χ0v) is 17.1. The molecule has 1 aromatic heterocycles. The Bertz CT molecular complexity index is 1130. The Hall–Kier alpha value is -2.89. The quantitative estimate of drug-likeness (QED) is 0.744. The van der Waals surface area contributed by atoms with Crippen LogP contribution in [-0.4, -0.2) is 5.90 Å². The van der Waals surface area contributed by atoms with E-state index < -0.39 is 34.5 Å². The Morgan fingerprint density at radius 1 is 1.07 bits per heavy atom. The Morgan fingerprint density at radius 2 is 1.72 bits per heavy atom. The van der Waals surface area contributed by atoms with Crippen LogP contribution >= 0.6 is 22.9 Å². The predicted octanol–water partition coefficient (Wildman–Crippen LogP) is 4.82. The van der Waals surface area contributed by atoms with Gasteiger partial charge in [-0.25, -0.2) is 0 Å². The van der Waals surface area contributed by atoms with Crippen LogP contribution in [0.3, 0.4) is 0 Å². The molecule has 1 N–H and O–H groups in total. The first-order chi connectivity index (χ1) is 13.8. The summed E-state index contributed by atoms with van der Waals surface area (Å²) in [7, 11) is 0. The van der Waals surface area contributed by atoms with Gasteiger partial charge in [0, 0.05) is 20.3 Å². The van der Waals surface area contributed by atoms with Crippen molar-refractivity contribution in [2.75, 3.05) is 0 Å². The van der Waals surface area contributed by atoms with Gasteiger partial charge in [0.1, 0.15) is 6.10 Å². The lowest BCUT2D eigenvalue weighted by Gasteiger charge is -2.48. The molecule has 8 heteroatoms. The third-order valence-electron chi connectivity index (χ3n) is 5.93. The highest BCUT2D eigenvalue weighted by Crippen LogP contribution is 2.69. The van der Waals surface area contributed by atoms with Gasteiger partial charge in [-0.3, -0.25) is 5.41 Å². The number of halogens is 1. The van der Waals surface area contributed by atoms with E-state index in [0.717, 1.165) is 4.88 Å². The number of nitriles is 3. The molecule has 2 aliphatic rings. The second-order valence-electron chi connectivity index (χ2n) is 7.23. The number of nitrogens with zero attached hydrogens (tertiary/aromatic N) is 3. The Kier molecular flexibility index (Phi) is 4.22. The molecule has 2 fully saturated rings. The van der Waals surface area contributed by atoms with Crippen LogP contribution in [-0.2, 0) is 15.3 Å². The molecular formula is C21H15ClN4O2S. The van der Waals surface area contributed by atoms with Crippen molar-refractivity contribution in [3.8, 4) is 18.2 Å². The summed E-state index contributed by atoms with van der Waals surface area (Å²) in [6, 6.07) is 16.6. The average molecular weight is 423 g/mol. The van der Waals surface area contributed by atoms with Crippen LogP contribution < -0.4 is 0 Å². The fraction of sp³-hybridized carbons (Fsp3) is 0.333. The topological polar surface area (TPSA) is 114 Å². The molecule has 6 nitrogen and oxygen atoms in total. The smallest absolute Gasteiger partial charge is 0.244 e. The number of hydrogen-bond donors (Lipinski definition) is 1. The Balaban J connectivity index is 2.03. The first-order valence-electron chi connectivity index (χ1n) is 8.83. The molecule has 2 aliphatic heterocycles. The van der Waals surface area contributed by atoms with E-state index in [2.05, 4.69) is 6.07 Å². The van der Waals surface area contributed by atoms with Crippen LogP contribution in [0, 0.1) is 63.1 Å². The fourth-order valence-electron chi connectivity index (χ4n) is 4.40. The molecule has 0 saturated carbocycles. The van der Waals surface area contributed by atoms with E-state index >= 15 is 0 Å². The van der Waals surface area contributed by atoms with E-state index in [-0.39, 0.29) is 0 Å². The summed E-state index contributed by atoms with van der Waals surface area (Å²) in [5, 5.41) is 39.6. The Labute approximate surface area is 177 Å². The van der Waals surface area contributed by atoms with E-state index in [9.17, 15) is 15.8 Å². The van der Waals surface area contributed by atoms with Crippen molar-refractivity contribution >= 4 is 28.8 Å². The summed E-state index contributed by atoms with van der Waals surface area (Å²) in [6.45, 7) is 3.58. The van der Waals surface area contributed by atoms with Crippen LogP contribution in [0.4, 0.5) is 0 Å². The minimum Gasteiger partial charge on any atom is -0.443 e. The number of thiophene rings is 1. The molecule has 4 atom stereocenters. The van der Waals surface area contributed by atoms with Gasteiger partial charge in [-0.05, 0) is 31.2 Å². The van der Waals surface area contributed by atoms with Crippen LogP contribution in [0.25, 0.3) is 0 Å². The number of fused-ring (bicyclic) bond motifs is 2. The molecule has 2 aromatic rings. The summed E-state index contributed by atoms with van der Waals surface area (Å²) in [5.41, 5.74) is -3.17. The second-order valence-corrected chi connectivity index (χ2v) is 8.98. The lowest BCUT2D eigenvalue weighted by atomic mass is 9.54. The van der Waals surface area contributed by atoms with Crippen molar-refractivity contribution in [3.05, 3.63) is 56.7 Å². The average Bonchev–Trinajstić information content (AvgIpc) is 3.21. The first-order valence-corrected chi connectivity index (χ1v) is 10.0. The summed E-state index contributed by atoms with van der Waals surface area (Å²) in [6.07, 6.45) is -1.06. The number of rotatable bonds is 2. The maximum absolute atomic E-state index is 10.2. The van der Waals surface area contributed by atoms with Gasteiger partial charge in [0.2, 0.25) is 17.1 Å². The number of benzene rings is 1. The van der Waals surface area contributed by atoms with E-state index in [0.29, 0.717) is 15.5 Å². The molecule has 4 rings (SSSR count). The normalized spacial score (nSPS) is 31.9. The zero-order valence-electron chi connectivity index (χ0n) is 15.6. The number of hydrogen-bond acceptors (Lipinski definition) is 7. The summed E-state index contributed by atoms with van der Waals surface area (Å²) >= 11 is 7.41. The van der Waals surface area contributed by atoms with E-state index in [4.69, 9.17) is 26.5 Å². The predicted molar refractivity (Wildman–Crippen MR) is 106 cm³/mol. The lowest BCUT2D eigenvalue weighted by Crippen LogP contribution is -2.57. The third-order valence-corrected chi connectivity index (χ3v) is 7.23. The minimum atomic E-state index is -1.94. The number of aryl methyl sites for hydroxylation is 1. The van der Waals surface area contributed by atoms with Crippen LogP contribution in [0.15, 0.2) is 36.4 Å². The van der Waals surface area contributed by atoms with Crippen molar-refractivity contribution in [2.24, 2.45) is 16.7 Å². The van der Waals surface area contributed by atoms with Crippen molar-refractivity contribution in [1.82, 2.24) is 0 Å². The van der Waals surface area contributed by atoms with Gasteiger partial charge >= 0.3 is 0 Å². The molecule has 144 valence electrons. The highest BCUT2D eigenvalue weighted by molar-refractivity contribution is 7.12. The fourth-order valence-corrected chi connectivity index (χ4v) is 5.50. The molecule has 0 radical (unpaired) electrons. The van der Waals surface area contributed by atoms with Gasteiger partial charge in [0.25, 0.3) is 0 Å². The highest BCUT2D eigenvalue weighted by atomic mass is 35.5. The monoisotopic (exact) mass is 422 g/mol. The van der Waals surface area contributed by atoms with Crippen LogP contribution in [0.1, 0.15) is 28.3 Å². The molecule has 1 aromatic carbocycles. The molecule has 4 unspecified atom stereocenters. The first kappa shape index (κ1) is 19.4. The number of nitrogens with one attached hydrogen (secondary N) is 1. The van der Waals surface area contributed by atoms with Crippen LogP contribution in [0.5, 0.6) is 0 Å². The van der Waals surface area contributed by atoms with Crippen LogP contribution in [0.2, 0.25) is 5.02 Å². The van der Waals surface area contributed by atoms with E-state index in [1.54, 1.807) is 37.3 Å². The summed E-state index contributed by atoms with van der Waals surface area (Å²) < 4.78 is 12.3. The maximum atomic E-state index is 10.2. The Morgan fingerprint density at radius 3 is 2.24 bits per heavy atom. The number of ether oxygens (including phenoxy) is 2. The van der Waals surface area contributed by atoms with Crippen molar-refractivity contribution in [1.29, 1.82) is 21.2 Å². The second kappa shape index (κ2) is 6.31. The van der Waals surface area contributed by atoms with Crippen molar-refractivity contribution in [3.63, 3.8) is 0 Å². The zero-order chi connectivity index (χ0) is 21.0. The standard InChI is InChI=1S/C21H15ClN4O2S/c1-12-3-8-16(29-12)17-19(9-23,10-24)20(11-25)13(2)21(27-17,28-18(20)26)14-4-6-15(22)7-5-14/h3-8,13,17,26H,1-2H3. The molecule has 2 bridgehead atoms. The largest absolute Gasteiger partial charge is 0.443 e. The van der Waals surface area contributed by atoms with Gasteiger partial charge in [-0.15, -0.1) is 11.3 Å². The summed E-state index contributed by atoms with van der Waals surface area (Å²) in [5.74, 6) is -2.71. The molecular weight excluding hydrogens is 408 g/mol. The molecule has 29 heavy (non-hydrogen) atoms. The maximum Gasteiger partial charge on any atom is 0.244 e. The molecule has 0 amide bonds. The summed E-state index contributed by atoms with van der Waals surface area (Å²) in [4.78, 5) is 1.61. The third kappa shape index (κ3) is 2.20. The van der Waals surface area contributed by atoms with E-state index in [1.807, 2.05) is 25.1 Å². The van der Waals surface area contributed by atoms with E-state index in [1.165, 1.54) is 11.3 Å². The van der Waals surface area contributed by atoms with Gasteiger partial charge < -0.3 is 9.47 Å². The van der Waals surface area contributed by atoms with Gasteiger partial charge in [0.05, 0.1) is 24.1 Å². The van der Waals surface area contributed by atoms with Gasteiger partial charge in [-0.1, -0.05) is 30.7 Å².